The second-order valence-corrected chi connectivity index (χ2v) is 11.3. The first-order valence-corrected chi connectivity index (χ1v) is 13.7. The molecule has 4 aliphatic rings. The Morgan fingerprint density at radius 2 is 2.03 bits per heavy atom. The molecule has 2 atom stereocenters. The highest BCUT2D eigenvalue weighted by Gasteiger charge is 2.32. The van der Waals surface area contributed by atoms with Crippen LogP contribution in [0.3, 0.4) is 0 Å². The number of furan rings is 1. The number of nitrogens with zero attached hydrogens (tertiary/aromatic N) is 5. The Kier molecular flexibility index (Phi) is 5.91. The Bertz CT molecular complexity index is 1220. The molecule has 10 heteroatoms. The summed E-state index contributed by atoms with van der Waals surface area (Å²) in [6, 6.07) is 3.95. The third-order valence-electron chi connectivity index (χ3n) is 7.47. The number of hydrogen-bond donors (Lipinski definition) is 1. The Morgan fingerprint density at radius 1 is 1.17 bits per heavy atom. The first-order valence-electron chi connectivity index (χ1n) is 12.4. The van der Waals surface area contributed by atoms with E-state index in [1.807, 2.05) is 19.2 Å². The van der Waals surface area contributed by atoms with Crippen LogP contribution in [0, 0.1) is 5.92 Å². The molecule has 0 saturated carbocycles. The normalized spacial score (nSPS) is 25.0. The molecule has 0 aliphatic carbocycles. The van der Waals surface area contributed by atoms with Crippen LogP contribution in [0.15, 0.2) is 44.4 Å². The highest BCUT2D eigenvalue weighted by molar-refractivity contribution is 7.85. The highest BCUT2D eigenvalue weighted by atomic mass is 32.2. The second kappa shape index (κ2) is 9.22. The number of hydrogen-bond acceptors (Lipinski definition) is 8. The molecule has 6 rings (SSSR count). The number of anilines is 2. The number of aromatic nitrogens is 2. The fourth-order valence-corrected chi connectivity index (χ4v) is 6.77. The number of rotatable bonds is 5. The lowest BCUT2D eigenvalue weighted by Gasteiger charge is -2.34. The predicted molar refractivity (Wildman–Crippen MR) is 134 cm³/mol. The van der Waals surface area contributed by atoms with Gasteiger partial charge in [0, 0.05) is 51.3 Å². The number of aryl methyl sites for hydroxylation is 1. The topological polar surface area (TPSA) is 104 Å². The number of piperidine rings is 2. The van der Waals surface area contributed by atoms with Gasteiger partial charge in [-0.05, 0) is 49.0 Å². The monoisotopic (exact) mass is 494 g/mol. The molecular weight excluding hydrogens is 464 g/mol. The van der Waals surface area contributed by atoms with Crippen LogP contribution < -0.4 is 10.2 Å². The van der Waals surface area contributed by atoms with Gasteiger partial charge in [0.15, 0.2) is 5.76 Å². The number of allylic oxidation sites excluding steroid dienone is 1. The van der Waals surface area contributed by atoms with Crippen molar-refractivity contribution in [2.75, 3.05) is 49.2 Å². The average Bonchev–Trinajstić information content (AvgIpc) is 3.63. The zero-order chi connectivity index (χ0) is 23.9. The van der Waals surface area contributed by atoms with Crippen molar-refractivity contribution in [1.82, 2.24) is 14.9 Å². The molecule has 0 spiro atoms. The minimum atomic E-state index is -1.08. The van der Waals surface area contributed by atoms with E-state index in [0.717, 1.165) is 66.9 Å². The van der Waals surface area contributed by atoms with Gasteiger partial charge in [0.2, 0.25) is 11.9 Å². The Balaban J connectivity index is 1.16. The molecule has 1 amide bonds. The van der Waals surface area contributed by atoms with Crippen LogP contribution in [-0.2, 0) is 22.0 Å². The summed E-state index contributed by atoms with van der Waals surface area (Å²) in [7, 11) is 0.749. The molecule has 6 heterocycles. The molecule has 2 fully saturated rings. The van der Waals surface area contributed by atoms with Crippen molar-refractivity contribution < 1.29 is 13.4 Å². The van der Waals surface area contributed by atoms with Crippen molar-refractivity contribution in [3.05, 3.63) is 41.5 Å². The molecular formula is C25H30N6O3S. The minimum Gasteiger partial charge on any atom is -0.463 e. The molecule has 2 aromatic heterocycles. The number of carbonyl (C=O) groups excluding carboxylic acids is 1. The van der Waals surface area contributed by atoms with E-state index in [1.165, 1.54) is 5.57 Å². The van der Waals surface area contributed by atoms with Crippen LogP contribution in [0.25, 0.3) is 0 Å². The molecule has 1 N–H and O–H groups in total. The first-order chi connectivity index (χ1) is 17.0. The first kappa shape index (κ1) is 22.5. The molecule has 184 valence electrons. The summed E-state index contributed by atoms with van der Waals surface area (Å²) in [5, 5.41) is 3.52. The molecule has 0 bridgehead atoms. The Hall–Kier alpha value is -3.01. The van der Waals surface area contributed by atoms with Gasteiger partial charge in [-0.3, -0.25) is 14.0 Å². The molecule has 2 aromatic rings. The lowest BCUT2D eigenvalue weighted by Crippen LogP contribution is -2.43. The maximum absolute atomic E-state index is 12.7. The van der Waals surface area contributed by atoms with Crippen molar-refractivity contribution in [3.8, 4) is 0 Å². The maximum atomic E-state index is 12.7. The highest BCUT2D eigenvalue weighted by Crippen LogP contribution is 2.34. The zero-order valence-corrected chi connectivity index (χ0v) is 20.7. The van der Waals surface area contributed by atoms with E-state index < -0.39 is 10.8 Å². The van der Waals surface area contributed by atoms with Crippen molar-refractivity contribution >= 4 is 34.2 Å². The van der Waals surface area contributed by atoms with Crippen molar-refractivity contribution in [3.63, 3.8) is 0 Å². The maximum Gasteiger partial charge on any atom is 0.227 e. The van der Waals surface area contributed by atoms with Crippen molar-refractivity contribution in [2.45, 2.75) is 43.0 Å². The summed E-state index contributed by atoms with van der Waals surface area (Å²) in [6.45, 7) is 3.12. The summed E-state index contributed by atoms with van der Waals surface area (Å²) >= 11 is 0. The Labute approximate surface area is 207 Å². The molecule has 2 saturated heterocycles. The van der Waals surface area contributed by atoms with Crippen LogP contribution in [0.4, 0.5) is 11.8 Å². The lowest BCUT2D eigenvalue weighted by atomic mass is 9.89. The van der Waals surface area contributed by atoms with Crippen LogP contribution in [0.1, 0.15) is 37.1 Å². The number of fused-ring (bicyclic) bond motifs is 1. The molecule has 1 unspecified atom stereocenters. The third-order valence-corrected chi connectivity index (χ3v) is 8.93. The summed E-state index contributed by atoms with van der Waals surface area (Å²) in [6.07, 6.45) is 7.91. The molecule has 9 nitrogen and oxygen atoms in total. The average molecular weight is 495 g/mol. The summed E-state index contributed by atoms with van der Waals surface area (Å²) in [4.78, 5) is 31.0. The summed E-state index contributed by atoms with van der Waals surface area (Å²) in [5.74, 6) is 3.50. The van der Waals surface area contributed by atoms with Crippen LogP contribution in [-0.4, -0.2) is 75.7 Å². The van der Waals surface area contributed by atoms with Gasteiger partial charge < -0.3 is 19.5 Å². The molecule has 4 aliphatic heterocycles. The fourth-order valence-electron chi connectivity index (χ4n) is 5.46. The fraction of sp³-hybridized carbons (Fsp3) is 0.520. The van der Waals surface area contributed by atoms with Crippen LogP contribution in [0.2, 0.25) is 0 Å². The predicted octanol–water partition coefficient (Wildman–Crippen LogP) is 2.41. The number of aliphatic imine (C=N–C) groups is 1. The van der Waals surface area contributed by atoms with Gasteiger partial charge in [-0.2, -0.15) is 4.98 Å². The number of carbonyl (C=O) groups is 1. The molecule has 0 radical (unpaired) electrons. The molecule has 35 heavy (non-hydrogen) atoms. The van der Waals surface area contributed by atoms with Gasteiger partial charge in [-0.1, -0.05) is 0 Å². The van der Waals surface area contributed by atoms with E-state index >= 15 is 0 Å². The van der Waals surface area contributed by atoms with E-state index in [9.17, 15) is 9.00 Å². The van der Waals surface area contributed by atoms with E-state index in [-0.39, 0.29) is 11.9 Å². The standard InChI is InChI=1S/C25H30N6O3S/c1-30-15-18(4-5-22(30)32)27-24-23-19(8-12-35(23)33)28-25(29-24)31-9-6-16(7-10-31)17-13-20(26-14-17)21-3-2-11-34-21/h2-3,11,13,16,18H,4-10,12,14-15H2,1H3,(H,27,28,29)/t18-,35?/m0/s1. The minimum absolute atomic E-state index is 0.102. The quantitative estimate of drug-likeness (QED) is 0.681. The van der Waals surface area contributed by atoms with Gasteiger partial charge in [-0.25, -0.2) is 4.98 Å². The van der Waals surface area contributed by atoms with E-state index in [2.05, 4.69) is 21.3 Å². The SMILES string of the molecule is CN1C[C@@H](Nc2nc(N3CCC(C4=CC(c5ccco5)=NC4)CC3)nc3c2S(=O)CC3)CCC1=O. The van der Waals surface area contributed by atoms with E-state index in [4.69, 9.17) is 14.4 Å². The van der Waals surface area contributed by atoms with E-state index in [1.54, 1.807) is 11.2 Å². The summed E-state index contributed by atoms with van der Waals surface area (Å²) in [5.41, 5.74) is 3.21. The van der Waals surface area contributed by atoms with Gasteiger partial charge >= 0.3 is 0 Å². The van der Waals surface area contributed by atoms with Gasteiger partial charge in [0.05, 0.1) is 29.3 Å². The van der Waals surface area contributed by atoms with Crippen molar-refractivity contribution in [2.24, 2.45) is 10.9 Å². The third kappa shape index (κ3) is 4.39. The van der Waals surface area contributed by atoms with Gasteiger partial charge in [-0.15, -0.1) is 0 Å². The number of amides is 1. The smallest absolute Gasteiger partial charge is 0.227 e. The van der Waals surface area contributed by atoms with Crippen LogP contribution in [0.5, 0.6) is 0 Å². The van der Waals surface area contributed by atoms with Gasteiger partial charge in [0.25, 0.3) is 0 Å². The number of likely N-dealkylation sites (tertiary alicyclic amines) is 1. The second-order valence-electron chi connectivity index (χ2n) is 9.76. The Morgan fingerprint density at radius 3 is 2.80 bits per heavy atom. The summed E-state index contributed by atoms with van der Waals surface area (Å²) < 4.78 is 18.2. The number of likely N-dealkylation sites (N-methyl/N-ethyl adjacent to an activating group) is 1. The zero-order valence-electron chi connectivity index (χ0n) is 19.9. The van der Waals surface area contributed by atoms with Crippen molar-refractivity contribution in [1.29, 1.82) is 0 Å². The molecule has 0 aromatic carbocycles. The largest absolute Gasteiger partial charge is 0.463 e. The van der Waals surface area contributed by atoms with Gasteiger partial charge in [0.1, 0.15) is 16.4 Å². The lowest BCUT2D eigenvalue weighted by molar-refractivity contribution is -0.132. The van der Waals surface area contributed by atoms with Crippen LogP contribution >= 0.6 is 0 Å². The van der Waals surface area contributed by atoms with E-state index in [0.29, 0.717) is 36.9 Å². The number of nitrogens with one attached hydrogen (secondary N) is 1.